The Morgan fingerprint density at radius 2 is 1.03 bits per heavy atom. The molecule has 0 aliphatic heterocycles. The second-order valence-electron chi connectivity index (χ2n) is 5.45. The van der Waals surface area contributed by atoms with Gasteiger partial charge < -0.3 is 4.85 Å². The predicted octanol–water partition coefficient (Wildman–Crippen LogP) is 1.95. The number of hydrogen-bond donors (Lipinski definition) is 0. The third-order valence-corrected chi connectivity index (χ3v) is 3.94. The SMILES string of the molecule is [C-]#[N+]c1nc2c(nc1C#N)c1nc(C#N)c(C#N)nc1c1nc(C#N)c(N=O)nc12. The Hall–Kier alpha value is -5.71. The van der Waals surface area contributed by atoms with Crippen molar-refractivity contribution in [2.45, 2.75) is 0 Å². The molecule has 0 aliphatic rings. The molecule has 0 amide bonds. The third kappa shape index (κ3) is 2.30. The van der Waals surface area contributed by atoms with Gasteiger partial charge in [0.1, 0.15) is 51.9 Å². The fourth-order valence-electron chi connectivity index (χ4n) is 2.73. The van der Waals surface area contributed by atoms with Crippen molar-refractivity contribution >= 4 is 44.7 Å². The minimum Gasteiger partial charge on any atom is -0.358 e. The maximum Gasteiger partial charge on any atom is 0.307 e. The van der Waals surface area contributed by atoms with Crippen LogP contribution in [-0.4, -0.2) is 29.9 Å². The van der Waals surface area contributed by atoms with Crippen molar-refractivity contribution in [1.29, 1.82) is 21.0 Å². The molecule has 3 aromatic heterocycles. The van der Waals surface area contributed by atoms with Crippen LogP contribution in [0.5, 0.6) is 0 Å². The van der Waals surface area contributed by atoms with Gasteiger partial charge in [-0.05, 0) is 5.18 Å². The minimum absolute atomic E-state index is 0.0430. The first kappa shape index (κ1) is 17.7. The molecule has 4 rings (SSSR count). The van der Waals surface area contributed by atoms with Gasteiger partial charge in [0.15, 0.2) is 22.8 Å². The second kappa shape index (κ2) is 6.47. The minimum atomic E-state index is -0.525. The van der Waals surface area contributed by atoms with Gasteiger partial charge in [-0.2, -0.15) is 21.0 Å². The van der Waals surface area contributed by atoms with E-state index < -0.39 is 11.5 Å². The average molecular weight is 388 g/mol. The van der Waals surface area contributed by atoms with E-state index in [0.29, 0.717) is 0 Å². The van der Waals surface area contributed by atoms with Gasteiger partial charge in [0.25, 0.3) is 0 Å². The van der Waals surface area contributed by atoms with E-state index in [0.717, 1.165) is 0 Å². The van der Waals surface area contributed by atoms with Gasteiger partial charge in [0.2, 0.25) is 11.3 Å². The number of hydrogen-bond acceptors (Lipinski definition) is 12. The number of nitroso groups, excluding NO2 is 1. The van der Waals surface area contributed by atoms with Gasteiger partial charge in [-0.15, -0.1) is 9.89 Å². The molecule has 1 aromatic carbocycles. The largest absolute Gasteiger partial charge is 0.358 e. The molecule has 0 bridgehead atoms. The Morgan fingerprint density at radius 3 is 1.47 bits per heavy atom. The van der Waals surface area contributed by atoms with E-state index in [9.17, 15) is 26.0 Å². The molecule has 0 N–H and O–H groups in total. The number of rotatable bonds is 1. The van der Waals surface area contributed by atoms with Crippen LogP contribution in [0, 0.1) is 56.8 Å². The molecule has 13 nitrogen and oxygen atoms in total. The van der Waals surface area contributed by atoms with Crippen LogP contribution in [0.4, 0.5) is 11.6 Å². The van der Waals surface area contributed by atoms with Gasteiger partial charge in [-0.1, -0.05) is 6.57 Å². The first-order valence-electron chi connectivity index (χ1n) is 7.68. The van der Waals surface area contributed by atoms with Crippen molar-refractivity contribution in [2.24, 2.45) is 5.18 Å². The molecular formula is C17N12O. The Balaban J connectivity index is 2.42. The van der Waals surface area contributed by atoms with Crippen LogP contribution in [0.1, 0.15) is 22.8 Å². The summed E-state index contributed by atoms with van der Waals surface area (Å²) in [4.78, 5) is 38.7. The van der Waals surface area contributed by atoms with Crippen LogP contribution >= 0.6 is 0 Å². The molecule has 0 radical (unpaired) electrons. The van der Waals surface area contributed by atoms with Crippen molar-refractivity contribution in [3.8, 4) is 24.3 Å². The lowest BCUT2D eigenvalue weighted by Gasteiger charge is -2.07. The molecule has 0 atom stereocenters. The third-order valence-electron chi connectivity index (χ3n) is 3.94. The maximum atomic E-state index is 11.1. The monoisotopic (exact) mass is 388 g/mol. The normalized spacial score (nSPS) is 9.97. The standard InChI is InChI=1S/C17N12O/c1-22-16-8(4-20)25-12-10-11(24-7(3-19)6(2-18)23-10)13-15(14(12)27-16)28-17(29-30)9(5-21)26-13. The second-order valence-corrected chi connectivity index (χ2v) is 5.45. The van der Waals surface area contributed by atoms with E-state index in [1.54, 1.807) is 24.3 Å². The van der Waals surface area contributed by atoms with Crippen LogP contribution in [0.3, 0.4) is 0 Å². The topological polar surface area (TPSA) is 206 Å². The lowest BCUT2D eigenvalue weighted by molar-refractivity contribution is 1.17. The van der Waals surface area contributed by atoms with Gasteiger partial charge in [0.05, 0.1) is 0 Å². The number of nitriles is 4. The molecule has 0 saturated heterocycles. The smallest absolute Gasteiger partial charge is 0.307 e. The van der Waals surface area contributed by atoms with Crippen molar-refractivity contribution < 1.29 is 0 Å². The van der Waals surface area contributed by atoms with Crippen LogP contribution in [0.2, 0.25) is 0 Å². The van der Waals surface area contributed by atoms with Crippen LogP contribution in [0.15, 0.2) is 5.18 Å². The molecule has 0 fully saturated rings. The molecule has 4 aromatic rings. The molecule has 13 heteroatoms. The summed E-state index contributed by atoms with van der Waals surface area (Å²) in [5.41, 5.74) is -1.69. The molecule has 0 unspecified atom stereocenters. The zero-order chi connectivity index (χ0) is 21.4. The van der Waals surface area contributed by atoms with Gasteiger partial charge in [-0.25, -0.2) is 24.9 Å². The fourth-order valence-corrected chi connectivity index (χ4v) is 2.73. The maximum absolute atomic E-state index is 11.1. The summed E-state index contributed by atoms with van der Waals surface area (Å²) >= 11 is 0. The van der Waals surface area contributed by atoms with Crippen molar-refractivity contribution in [2.75, 3.05) is 0 Å². The summed E-state index contributed by atoms with van der Waals surface area (Å²) in [6, 6.07) is 6.90. The summed E-state index contributed by atoms with van der Waals surface area (Å²) < 4.78 is 0. The highest BCUT2D eigenvalue weighted by atomic mass is 16.3. The summed E-state index contributed by atoms with van der Waals surface area (Å²) in [6.45, 7) is 7.21. The number of fused-ring (bicyclic) bond motifs is 6. The highest BCUT2D eigenvalue weighted by molar-refractivity contribution is 6.18. The predicted molar refractivity (Wildman–Crippen MR) is 96.3 cm³/mol. The van der Waals surface area contributed by atoms with Crippen molar-refractivity contribution in [1.82, 2.24) is 29.9 Å². The van der Waals surface area contributed by atoms with E-state index in [2.05, 4.69) is 39.9 Å². The van der Waals surface area contributed by atoms with Crippen molar-refractivity contribution in [3.63, 3.8) is 0 Å². The fraction of sp³-hybridized carbons (Fsp3) is 0. The number of aromatic nitrogens is 6. The van der Waals surface area contributed by atoms with Gasteiger partial charge >= 0.3 is 5.82 Å². The number of nitrogens with zero attached hydrogens (tertiary/aromatic N) is 12. The van der Waals surface area contributed by atoms with E-state index in [-0.39, 0.29) is 56.0 Å². The first-order chi connectivity index (χ1) is 14.6. The molecule has 0 aliphatic carbocycles. The summed E-state index contributed by atoms with van der Waals surface area (Å²) in [6.07, 6.45) is 0. The highest BCUT2D eigenvalue weighted by Crippen LogP contribution is 2.33. The molecule has 0 saturated carbocycles. The molecule has 0 spiro atoms. The Labute approximate surface area is 164 Å². The number of benzene rings is 1. The summed E-state index contributed by atoms with van der Waals surface area (Å²) in [5.74, 6) is -0.859. The average Bonchev–Trinajstić information content (AvgIpc) is 2.81. The zero-order valence-corrected chi connectivity index (χ0v) is 14.3. The molecule has 134 valence electrons. The molecule has 30 heavy (non-hydrogen) atoms. The Kier molecular flexibility index (Phi) is 3.82. The van der Waals surface area contributed by atoms with Gasteiger partial charge in [-0.3, -0.25) is 0 Å². The zero-order valence-electron chi connectivity index (χ0n) is 14.3. The quantitative estimate of drug-likeness (QED) is 0.261. The van der Waals surface area contributed by atoms with Crippen LogP contribution < -0.4 is 0 Å². The van der Waals surface area contributed by atoms with Crippen molar-refractivity contribution in [3.05, 3.63) is 39.1 Å². The first-order valence-corrected chi connectivity index (χ1v) is 7.68. The Morgan fingerprint density at radius 1 is 0.633 bits per heavy atom. The lowest BCUT2D eigenvalue weighted by Crippen LogP contribution is -2.03. The van der Waals surface area contributed by atoms with Crippen LogP contribution in [0.25, 0.3) is 37.9 Å². The Bertz CT molecular complexity index is 1620. The highest BCUT2D eigenvalue weighted by Gasteiger charge is 2.24. The van der Waals surface area contributed by atoms with Crippen LogP contribution in [-0.2, 0) is 0 Å². The molecular weight excluding hydrogens is 388 g/mol. The van der Waals surface area contributed by atoms with E-state index >= 15 is 0 Å². The summed E-state index contributed by atoms with van der Waals surface area (Å²) in [5, 5.41) is 39.8. The van der Waals surface area contributed by atoms with Gasteiger partial charge in [0, 0.05) is 0 Å². The van der Waals surface area contributed by atoms with E-state index in [1.807, 2.05) is 0 Å². The molecule has 3 heterocycles. The van der Waals surface area contributed by atoms with E-state index in [1.165, 1.54) is 0 Å². The summed E-state index contributed by atoms with van der Waals surface area (Å²) in [7, 11) is 0. The lowest BCUT2D eigenvalue weighted by atomic mass is 10.1. The van der Waals surface area contributed by atoms with E-state index in [4.69, 9.17) is 6.57 Å².